The van der Waals surface area contributed by atoms with E-state index < -0.39 is 0 Å². The first-order chi connectivity index (χ1) is 10.3. The third kappa shape index (κ3) is 2.73. The van der Waals surface area contributed by atoms with E-state index in [-0.39, 0.29) is 5.82 Å². The Hall–Kier alpha value is -1.67. The van der Waals surface area contributed by atoms with Gasteiger partial charge >= 0.3 is 0 Å². The van der Waals surface area contributed by atoms with Crippen molar-refractivity contribution in [3.8, 4) is 0 Å². The van der Waals surface area contributed by atoms with Gasteiger partial charge in [0.05, 0.1) is 0 Å². The molecule has 0 aliphatic heterocycles. The fourth-order valence-corrected chi connectivity index (χ4v) is 3.54. The molecule has 0 aromatic heterocycles. The van der Waals surface area contributed by atoms with Gasteiger partial charge in [0.15, 0.2) is 0 Å². The van der Waals surface area contributed by atoms with Gasteiger partial charge in [0.1, 0.15) is 5.82 Å². The molecule has 0 spiro atoms. The van der Waals surface area contributed by atoms with Crippen LogP contribution in [0.4, 0.5) is 4.39 Å². The molecule has 0 amide bonds. The maximum absolute atomic E-state index is 13.2. The molecular weight excluding hydrogens is 261 g/mol. The highest BCUT2D eigenvalue weighted by Crippen LogP contribution is 2.44. The molecule has 2 aromatic rings. The molecule has 0 saturated heterocycles. The van der Waals surface area contributed by atoms with E-state index in [9.17, 15) is 4.39 Å². The van der Waals surface area contributed by atoms with Crippen LogP contribution in [-0.2, 0) is 0 Å². The summed E-state index contributed by atoms with van der Waals surface area (Å²) in [6.45, 7) is 0. The maximum atomic E-state index is 13.2. The predicted molar refractivity (Wildman–Crippen MR) is 82.9 cm³/mol. The Balaban J connectivity index is 1.28. The molecule has 0 bridgehead atoms. The Morgan fingerprint density at radius 3 is 2.38 bits per heavy atom. The average Bonchev–Trinajstić information content (AvgIpc) is 3.23. The molecule has 0 heterocycles. The smallest absolute Gasteiger partial charge is 0.123 e. The van der Waals surface area contributed by atoms with Crippen molar-refractivity contribution < 1.29 is 4.39 Å². The molecule has 2 saturated carbocycles. The second kappa shape index (κ2) is 5.27. The van der Waals surface area contributed by atoms with E-state index in [1.54, 1.807) is 6.07 Å². The molecule has 1 nitrogen and oxygen atoms in total. The molecule has 108 valence electrons. The van der Waals surface area contributed by atoms with E-state index in [1.165, 1.54) is 18.1 Å². The Bertz CT molecular complexity index is 618. The zero-order chi connectivity index (χ0) is 14.2. The van der Waals surface area contributed by atoms with Gasteiger partial charge in [-0.2, -0.15) is 0 Å². The normalized spacial score (nSPS) is 30.7. The van der Waals surface area contributed by atoms with Gasteiger partial charge in [-0.3, -0.25) is 0 Å². The Morgan fingerprint density at radius 1 is 0.857 bits per heavy atom. The second-order valence-electron chi connectivity index (χ2n) is 6.45. The number of hydrogen-bond acceptors (Lipinski definition) is 1. The predicted octanol–water partition coefficient (Wildman–Crippen LogP) is 4.22. The highest BCUT2D eigenvalue weighted by atomic mass is 19.1. The van der Waals surface area contributed by atoms with E-state index in [4.69, 9.17) is 0 Å². The molecule has 1 N–H and O–H groups in total. The molecule has 2 atom stereocenters. The summed E-state index contributed by atoms with van der Waals surface area (Å²) >= 11 is 0. The molecular formula is C19H20FN. The van der Waals surface area contributed by atoms with Crippen LogP contribution in [0.25, 0.3) is 0 Å². The number of nitrogens with one attached hydrogen (secondary N) is 1. The van der Waals surface area contributed by atoms with Crippen LogP contribution in [0.5, 0.6) is 0 Å². The summed E-state index contributed by atoms with van der Waals surface area (Å²) in [6.07, 6.45) is 3.54. The van der Waals surface area contributed by atoms with Crippen LogP contribution in [0, 0.1) is 5.82 Å². The molecule has 2 unspecified atom stereocenters. The summed E-state index contributed by atoms with van der Waals surface area (Å²) < 4.78 is 13.2. The number of benzene rings is 2. The lowest BCUT2D eigenvalue weighted by atomic mass is 9.76. The minimum atomic E-state index is -0.116. The lowest BCUT2D eigenvalue weighted by Crippen LogP contribution is -2.41. The van der Waals surface area contributed by atoms with Crippen molar-refractivity contribution in [3.63, 3.8) is 0 Å². The van der Waals surface area contributed by atoms with Crippen molar-refractivity contribution >= 4 is 0 Å². The van der Waals surface area contributed by atoms with Gasteiger partial charge in [-0.05, 0) is 48.4 Å². The third-order valence-corrected chi connectivity index (χ3v) is 4.93. The molecule has 2 heteroatoms. The van der Waals surface area contributed by atoms with E-state index in [2.05, 4.69) is 35.6 Å². The van der Waals surface area contributed by atoms with Gasteiger partial charge in [-0.15, -0.1) is 0 Å². The van der Waals surface area contributed by atoms with Crippen LogP contribution >= 0.6 is 0 Å². The first-order valence-corrected chi connectivity index (χ1v) is 7.86. The van der Waals surface area contributed by atoms with Crippen LogP contribution in [0.1, 0.15) is 42.2 Å². The van der Waals surface area contributed by atoms with Crippen LogP contribution in [0.15, 0.2) is 54.6 Å². The third-order valence-electron chi connectivity index (χ3n) is 4.93. The van der Waals surface area contributed by atoms with Crippen LogP contribution in [0.2, 0.25) is 0 Å². The van der Waals surface area contributed by atoms with Gasteiger partial charge in [0.25, 0.3) is 0 Å². The van der Waals surface area contributed by atoms with Crippen molar-refractivity contribution in [1.29, 1.82) is 0 Å². The summed E-state index contributed by atoms with van der Waals surface area (Å²) in [5.41, 5.74) is 2.61. The number of hydrogen-bond donors (Lipinski definition) is 1. The van der Waals surface area contributed by atoms with Crippen molar-refractivity contribution in [3.05, 3.63) is 71.5 Å². The summed E-state index contributed by atoms with van der Waals surface area (Å²) in [5.74, 6) is 1.11. The van der Waals surface area contributed by atoms with Gasteiger partial charge in [-0.25, -0.2) is 4.39 Å². The first-order valence-electron chi connectivity index (χ1n) is 7.86. The summed E-state index contributed by atoms with van der Waals surface area (Å²) in [7, 11) is 0. The molecule has 2 aliphatic carbocycles. The fourth-order valence-electron chi connectivity index (χ4n) is 3.54. The van der Waals surface area contributed by atoms with E-state index >= 15 is 0 Å². The molecule has 2 aromatic carbocycles. The lowest BCUT2D eigenvalue weighted by molar-refractivity contribution is 0.287. The summed E-state index contributed by atoms with van der Waals surface area (Å²) in [5, 5.41) is 3.76. The minimum absolute atomic E-state index is 0.116. The summed E-state index contributed by atoms with van der Waals surface area (Å²) in [4.78, 5) is 0. The number of rotatable bonds is 4. The average molecular weight is 281 g/mol. The zero-order valence-electron chi connectivity index (χ0n) is 12.0. The largest absolute Gasteiger partial charge is 0.311 e. The van der Waals surface area contributed by atoms with Gasteiger partial charge < -0.3 is 5.32 Å². The molecule has 0 radical (unpaired) electrons. The Morgan fingerprint density at radius 2 is 1.62 bits per heavy atom. The highest BCUT2D eigenvalue weighted by Gasteiger charge is 2.42. The molecule has 4 rings (SSSR count). The van der Waals surface area contributed by atoms with Crippen molar-refractivity contribution in [2.75, 3.05) is 0 Å². The van der Waals surface area contributed by atoms with Crippen LogP contribution in [-0.4, -0.2) is 12.1 Å². The SMILES string of the molecule is Fc1cccc(C2CC(NC3CC3c3ccccc3)C2)c1. The molecule has 2 aliphatic rings. The van der Waals surface area contributed by atoms with Crippen LogP contribution < -0.4 is 5.32 Å². The maximum Gasteiger partial charge on any atom is 0.123 e. The van der Waals surface area contributed by atoms with Crippen molar-refractivity contribution in [2.24, 2.45) is 0 Å². The van der Waals surface area contributed by atoms with Crippen molar-refractivity contribution in [2.45, 2.75) is 43.2 Å². The minimum Gasteiger partial charge on any atom is -0.311 e. The Labute approximate surface area is 125 Å². The van der Waals surface area contributed by atoms with E-state index in [1.807, 2.05) is 12.1 Å². The fraction of sp³-hybridized carbons (Fsp3) is 0.368. The topological polar surface area (TPSA) is 12.0 Å². The van der Waals surface area contributed by atoms with E-state index in [0.29, 0.717) is 23.9 Å². The van der Waals surface area contributed by atoms with Gasteiger partial charge in [0.2, 0.25) is 0 Å². The monoisotopic (exact) mass is 281 g/mol. The second-order valence-corrected chi connectivity index (χ2v) is 6.45. The summed E-state index contributed by atoms with van der Waals surface area (Å²) in [6, 6.07) is 19.1. The zero-order valence-corrected chi connectivity index (χ0v) is 12.0. The standard InChI is InChI=1S/C19H20FN/c20-16-8-4-7-14(9-16)15-10-17(11-15)21-19-12-18(19)13-5-2-1-3-6-13/h1-9,15,17-19,21H,10-12H2. The van der Waals surface area contributed by atoms with Crippen LogP contribution in [0.3, 0.4) is 0 Å². The quantitative estimate of drug-likeness (QED) is 0.885. The first kappa shape index (κ1) is 13.0. The molecule has 21 heavy (non-hydrogen) atoms. The van der Waals surface area contributed by atoms with Crippen molar-refractivity contribution in [1.82, 2.24) is 5.32 Å². The van der Waals surface area contributed by atoms with Gasteiger partial charge in [0, 0.05) is 18.0 Å². The number of halogens is 1. The molecule has 2 fully saturated rings. The lowest BCUT2D eigenvalue weighted by Gasteiger charge is -2.36. The van der Waals surface area contributed by atoms with E-state index in [0.717, 1.165) is 18.4 Å². The Kier molecular flexibility index (Phi) is 3.27. The van der Waals surface area contributed by atoms with Gasteiger partial charge in [-0.1, -0.05) is 42.5 Å². The highest BCUT2D eigenvalue weighted by molar-refractivity contribution is 5.29.